The quantitative estimate of drug-likeness (QED) is 0.684. The van der Waals surface area contributed by atoms with E-state index >= 15 is 0 Å². The maximum Gasteiger partial charge on any atom is 0.314 e. The van der Waals surface area contributed by atoms with E-state index in [1.165, 1.54) is 22.9 Å². The van der Waals surface area contributed by atoms with Crippen molar-refractivity contribution in [3.05, 3.63) is 64.2 Å². The summed E-state index contributed by atoms with van der Waals surface area (Å²) in [6, 6.07) is 4.65. The van der Waals surface area contributed by atoms with Crippen molar-refractivity contribution in [2.45, 2.75) is 19.9 Å². The van der Waals surface area contributed by atoms with Gasteiger partial charge in [-0.3, -0.25) is 9.78 Å². The molecule has 0 N–H and O–H groups in total. The molecular formula is C17H12F2N4O2. The predicted octanol–water partition coefficient (Wildman–Crippen LogP) is 2.59. The van der Waals surface area contributed by atoms with Gasteiger partial charge >= 0.3 is 6.43 Å². The van der Waals surface area contributed by atoms with Crippen LogP contribution in [0.15, 0.2) is 46.0 Å². The highest BCUT2D eigenvalue weighted by molar-refractivity contribution is 5.51. The first-order chi connectivity index (χ1) is 12.0. The number of aryl methyl sites for hydroxylation is 1. The molecule has 0 aromatic carbocycles. The molecule has 0 bridgehead atoms. The van der Waals surface area contributed by atoms with E-state index < -0.39 is 12.3 Å². The Hall–Kier alpha value is -3.34. The molecule has 3 aromatic heterocycles. The monoisotopic (exact) mass is 342 g/mol. The highest BCUT2D eigenvalue weighted by Gasteiger charge is 2.17. The molecule has 25 heavy (non-hydrogen) atoms. The smallest absolute Gasteiger partial charge is 0.314 e. The zero-order valence-corrected chi connectivity index (χ0v) is 13.1. The van der Waals surface area contributed by atoms with Crippen molar-refractivity contribution in [2.75, 3.05) is 0 Å². The number of halogens is 2. The third kappa shape index (κ3) is 3.95. The van der Waals surface area contributed by atoms with E-state index in [0.29, 0.717) is 0 Å². The van der Waals surface area contributed by atoms with Crippen molar-refractivity contribution < 1.29 is 13.2 Å². The van der Waals surface area contributed by atoms with Crippen LogP contribution in [0.25, 0.3) is 11.5 Å². The van der Waals surface area contributed by atoms with Gasteiger partial charge in [0.05, 0.1) is 6.54 Å². The van der Waals surface area contributed by atoms with Crippen LogP contribution in [0, 0.1) is 18.8 Å². The predicted molar refractivity (Wildman–Crippen MR) is 84.8 cm³/mol. The van der Waals surface area contributed by atoms with Crippen LogP contribution >= 0.6 is 0 Å². The lowest BCUT2D eigenvalue weighted by molar-refractivity contribution is 0.116. The van der Waals surface area contributed by atoms with Gasteiger partial charge in [-0.15, -0.1) is 10.2 Å². The van der Waals surface area contributed by atoms with Crippen LogP contribution in [-0.2, 0) is 6.54 Å². The molecule has 0 saturated heterocycles. The molecule has 0 fully saturated rings. The first kappa shape index (κ1) is 16.5. The van der Waals surface area contributed by atoms with Crippen molar-refractivity contribution in [1.82, 2.24) is 19.7 Å². The summed E-state index contributed by atoms with van der Waals surface area (Å²) in [5.41, 5.74) is 1.67. The lowest BCUT2D eigenvalue weighted by Gasteiger charge is -2.01. The van der Waals surface area contributed by atoms with Crippen LogP contribution in [0.4, 0.5) is 8.78 Å². The maximum atomic E-state index is 12.5. The topological polar surface area (TPSA) is 73.8 Å². The van der Waals surface area contributed by atoms with E-state index in [1.54, 1.807) is 12.4 Å². The van der Waals surface area contributed by atoms with Gasteiger partial charge in [0.2, 0.25) is 5.89 Å². The molecule has 126 valence electrons. The number of aromatic nitrogens is 4. The number of hydrogen-bond acceptors (Lipinski definition) is 5. The summed E-state index contributed by atoms with van der Waals surface area (Å²) in [5, 5.41) is 6.74. The van der Waals surface area contributed by atoms with E-state index in [1.807, 2.05) is 13.0 Å². The molecule has 0 aliphatic carbocycles. The van der Waals surface area contributed by atoms with E-state index in [4.69, 9.17) is 4.42 Å². The third-order valence-corrected chi connectivity index (χ3v) is 3.23. The summed E-state index contributed by atoms with van der Waals surface area (Å²) in [6.45, 7) is 2.09. The van der Waals surface area contributed by atoms with Crippen LogP contribution in [-0.4, -0.2) is 19.7 Å². The SMILES string of the molecule is Cc1cncc(C#CCn2ccc(-c3nnc(C(F)F)o3)cc2=O)c1. The number of nitrogens with zero attached hydrogens (tertiary/aromatic N) is 4. The first-order valence-electron chi connectivity index (χ1n) is 7.26. The summed E-state index contributed by atoms with van der Waals surface area (Å²) < 4.78 is 31.1. The zero-order valence-electron chi connectivity index (χ0n) is 13.1. The summed E-state index contributed by atoms with van der Waals surface area (Å²) in [5.74, 6) is 4.90. The Morgan fingerprint density at radius 3 is 2.80 bits per heavy atom. The number of hydrogen-bond donors (Lipinski definition) is 0. The second kappa shape index (κ2) is 7.05. The fourth-order valence-corrected chi connectivity index (χ4v) is 2.06. The molecule has 3 aromatic rings. The van der Waals surface area contributed by atoms with Crippen LogP contribution in [0.1, 0.15) is 23.4 Å². The Morgan fingerprint density at radius 1 is 1.28 bits per heavy atom. The molecule has 0 unspecified atom stereocenters. The summed E-state index contributed by atoms with van der Waals surface area (Å²) in [7, 11) is 0. The van der Waals surface area contributed by atoms with Gasteiger partial charge in [-0.2, -0.15) is 8.78 Å². The fraction of sp³-hybridized carbons (Fsp3) is 0.176. The Labute approximate surface area is 141 Å². The van der Waals surface area contributed by atoms with Crippen molar-refractivity contribution in [3.63, 3.8) is 0 Å². The van der Waals surface area contributed by atoms with Gasteiger partial charge in [-0.05, 0) is 24.6 Å². The van der Waals surface area contributed by atoms with Gasteiger partial charge < -0.3 is 8.98 Å². The highest BCUT2D eigenvalue weighted by atomic mass is 19.3. The maximum absolute atomic E-state index is 12.5. The average Bonchev–Trinajstić information content (AvgIpc) is 3.07. The lowest BCUT2D eigenvalue weighted by atomic mass is 10.2. The van der Waals surface area contributed by atoms with Crippen molar-refractivity contribution >= 4 is 0 Å². The van der Waals surface area contributed by atoms with Gasteiger partial charge in [0.15, 0.2) is 0 Å². The minimum atomic E-state index is -2.85. The van der Waals surface area contributed by atoms with Crippen LogP contribution in [0.3, 0.4) is 0 Å². The number of pyridine rings is 2. The standard InChI is InChI=1S/C17H12F2N4O2/c1-11-7-12(10-20-9-11)3-2-5-23-6-4-13(8-14(23)24)16-21-22-17(25-16)15(18)19/h4,6-10,15H,5H2,1H3. The van der Waals surface area contributed by atoms with Crippen LogP contribution < -0.4 is 5.56 Å². The molecule has 3 rings (SSSR count). The molecule has 0 atom stereocenters. The molecule has 0 aliphatic rings. The molecule has 6 nitrogen and oxygen atoms in total. The molecular weight excluding hydrogens is 330 g/mol. The first-order valence-corrected chi connectivity index (χ1v) is 7.26. The molecule has 0 radical (unpaired) electrons. The molecule has 3 heterocycles. The Bertz CT molecular complexity index is 1010. The molecule has 0 aliphatic heterocycles. The van der Waals surface area contributed by atoms with E-state index in [9.17, 15) is 13.6 Å². The summed E-state index contributed by atoms with van der Waals surface area (Å²) in [4.78, 5) is 16.1. The van der Waals surface area contributed by atoms with E-state index in [-0.39, 0.29) is 23.6 Å². The van der Waals surface area contributed by atoms with Gasteiger partial charge in [-0.1, -0.05) is 11.8 Å². The van der Waals surface area contributed by atoms with Crippen LogP contribution in [0.5, 0.6) is 0 Å². The van der Waals surface area contributed by atoms with Crippen molar-refractivity contribution in [1.29, 1.82) is 0 Å². The molecule has 0 amide bonds. The Balaban J connectivity index is 1.77. The molecule has 0 spiro atoms. The minimum Gasteiger partial charge on any atom is -0.415 e. The van der Waals surface area contributed by atoms with Gasteiger partial charge in [0.1, 0.15) is 0 Å². The van der Waals surface area contributed by atoms with Crippen molar-refractivity contribution in [3.8, 4) is 23.3 Å². The fourth-order valence-electron chi connectivity index (χ4n) is 2.06. The second-order valence-corrected chi connectivity index (χ2v) is 5.18. The molecule has 8 heteroatoms. The van der Waals surface area contributed by atoms with E-state index in [2.05, 4.69) is 27.0 Å². The number of rotatable bonds is 3. The Morgan fingerprint density at radius 2 is 2.12 bits per heavy atom. The normalized spacial score (nSPS) is 10.6. The van der Waals surface area contributed by atoms with Gasteiger partial charge in [-0.25, -0.2) is 0 Å². The van der Waals surface area contributed by atoms with Gasteiger partial charge in [0, 0.05) is 35.8 Å². The van der Waals surface area contributed by atoms with Crippen LogP contribution in [0.2, 0.25) is 0 Å². The largest absolute Gasteiger partial charge is 0.415 e. The third-order valence-electron chi connectivity index (χ3n) is 3.23. The lowest BCUT2D eigenvalue weighted by Crippen LogP contribution is -2.17. The average molecular weight is 342 g/mol. The van der Waals surface area contributed by atoms with E-state index in [0.717, 1.165) is 11.1 Å². The Kier molecular flexibility index (Phi) is 4.66. The summed E-state index contributed by atoms with van der Waals surface area (Å²) >= 11 is 0. The number of alkyl halides is 2. The van der Waals surface area contributed by atoms with Gasteiger partial charge in [0.25, 0.3) is 11.4 Å². The summed E-state index contributed by atoms with van der Waals surface area (Å²) in [6.07, 6.45) is 2.01. The minimum absolute atomic E-state index is 0.128. The zero-order chi connectivity index (χ0) is 17.8. The van der Waals surface area contributed by atoms with Crippen molar-refractivity contribution in [2.24, 2.45) is 0 Å². The highest BCUT2D eigenvalue weighted by Crippen LogP contribution is 2.21. The molecule has 0 saturated carbocycles. The second-order valence-electron chi connectivity index (χ2n) is 5.18.